The third-order valence-electron chi connectivity index (χ3n) is 2.00. The molecule has 0 radical (unpaired) electrons. The van der Waals surface area contributed by atoms with Gasteiger partial charge in [-0.3, -0.25) is 9.89 Å². The number of H-pyrrole nitrogens is 1. The van der Waals surface area contributed by atoms with E-state index >= 15 is 0 Å². The Kier molecular flexibility index (Phi) is 3.31. The van der Waals surface area contributed by atoms with E-state index in [0.29, 0.717) is 11.3 Å². The van der Waals surface area contributed by atoms with Crippen molar-refractivity contribution in [3.63, 3.8) is 0 Å². The first kappa shape index (κ1) is 11.9. The molecule has 17 heavy (non-hydrogen) atoms. The van der Waals surface area contributed by atoms with Gasteiger partial charge in [-0.15, -0.1) is 0 Å². The van der Waals surface area contributed by atoms with Crippen LogP contribution in [0.15, 0.2) is 24.5 Å². The summed E-state index contributed by atoms with van der Waals surface area (Å²) in [5.41, 5.74) is 0.661. The first-order chi connectivity index (χ1) is 8.08. The summed E-state index contributed by atoms with van der Waals surface area (Å²) in [5.74, 6) is -1.10. The van der Waals surface area contributed by atoms with Crippen molar-refractivity contribution in [1.29, 1.82) is 0 Å². The predicted molar refractivity (Wildman–Crippen MR) is 63.0 cm³/mol. The van der Waals surface area contributed by atoms with Crippen LogP contribution in [0.5, 0.6) is 0 Å². The molecule has 7 heteroatoms. The summed E-state index contributed by atoms with van der Waals surface area (Å²) in [4.78, 5) is 11.6. The van der Waals surface area contributed by atoms with Gasteiger partial charge in [-0.1, -0.05) is 23.2 Å². The van der Waals surface area contributed by atoms with E-state index in [2.05, 4.69) is 15.5 Å². The van der Waals surface area contributed by atoms with E-state index in [1.807, 2.05) is 0 Å². The lowest BCUT2D eigenvalue weighted by Gasteiger charge is -2.05. The highest BCUT2D eigenvalue weighted by Gasteiger charge is 2.11. The number of halogens is 3. The summed E-state index contributed by atoms with van der Waals surface area (Å²) in [5, 5.41) is 8.35. The molecule has 1 aromatic carbocycles. The van der Waals surface area contributed by atoms with Crippen molar-refractivity contribution < 1.29 is 9.18 Å². The summed E-state index contributed by atoms with van der Waals surface area (Å²) in [6.07, 6.45) is 2.80. The molecule has 88 valence electrons. The van der Waals surface area contributed by atoms with E-state index in [4.69, 9.17) is 23.2 Å². The van der Waals surface area contributed by atoms with Crippen LogP contribution >= 0.6 is 23.2 Å². The molecule has 1 amide bonds. The number of hydrogen-bond donors (Lipinski definition) is 2. The highest BCUT2D eigenvalue weighted by atomic mass is 35.5. The van der Waals surface area contributed by atoms with Crippen LogP contribution in [0.1, 0.15) is 10.4 Å². The maximum Gasteiger partial charge on any atom is 0.258 e. The number of nitrogens with one attached hydrogen (secondary N) is 2. The van der Waals surface area contributed by atoms with Gasteiger partial charge in [0.1, 0.15) is 0 Å². The fraction of sp³-hybridized carbons (Fsp3) is 0. The van der Waals surface area contributed by atoms with Crippen molar-refractivity contribution in [3.05, 3.63) is 46.0 Å². The zero-order chi connectivity index (χ0) is 12.4. The van der Waals surface area contributed by atoms with E-state index in [-0.39, 0.29) is 10.0 Å². The molecule has 0 aliphatic carbocycles. The van der Waals surface area contributed by atoms with Gasteiger partial charge in [0.2, 0.25) is 0 Å². The zero-order valence-electron chi connectivity index (χ0n) is 8.30. The van der Waals surface area contributed by atoms with E-state index in [1.165, 1.54) is 24.5 Å². The molecule has 0 saturated heterocycles. The van der Waals surface area contributed by atoms with Gasteiger partial charge in [-0.25, -0.2) is 4.39 Å². The lowest BCUT2D eigenvalue weighted by Crippen LogP contribution is -2.11. The molecule has 1 aromatic heterocycles. The summed E-state index contributed by atoms with van der Waals surface area (Å²) in [6.45, 7) is 0. The second-order valence-electron chi connectivity index (χ2n) is 3.19. The summed E-state index contributed by atoms with van der Waals surface area (Å²) in [7, 11) is 0. The SMILES string of the molecule is O=C(Nc1cc(Cl)c(F)c(Cl)c1)c1cn[nH]c1. The molecule has 2 aromatic rings. The number of rotatable bonds is 2. The monoisotopic (exact) mass is 273 g/mol. The minimum absolute atomic E-state index is 0.153. The van der Waals surface area contributed by atoms with Crippen LogP contribution in [0, 0.1) is 5.82 Å². The molecule has 0 fully saturated rings. The first-order valence-corrected chi connectivity index (χ1v) is 5.28. The minimum atomic E-state index is -0.713. The van der Waals surface area contributed by atoms with Gasteiger partial charge in [-0.2, -0.15) is 5.10 Å². The molecular weight excluding hydrogens is 268 g/mol. The van der Waals surface area contributed by atoms with Crippen LogP contribution in [-0.4, -0.2) is 16.1 Å². The topological polar surface area (TPSA) is 57.8 Å². The van der Waals surface area contributed by atoms with Crippen molar-refractivity contribution in [2.45, 2.75) is 0 Å². The quantitative estimate of drug-likeness (QED) is 0.826. The van der Waals surface area contributed by atoms with Crippen LogP contribution < -0.4 is 5.32 Å². The molecule has 0 aliphatic heterocycles. The molecule has 0 aliphatic rings. The molecule has 0 atom stereocenters. The summed E-state index contributed by atoms with van der Waals surface area (Å²) < 4.78 is 13.1. The molecule has 2 N–H and O–H groups in total. The molecule has 0 bridgehead atoms. The number of nitrogens with zero attached hydrogens (tertiary/aromatic N) is 1. The Morgan fingerprint density at radius 1 is 1.35 bits per heavy atom. The van der Waals surface area contributed by atoms with Crippen molar-refractivity contribution in [2.75, 3.05) is 5.32 Å². The van der Waals surface area contributed by atoms with E-state index in [9.17, 15) is 9.18 Å². The second kappa shape index (κ2) is 4.73. The van der Waals surface area contributed by atoms with Gasteiger partial charge in [0.15, 0.2) is 5.82 Å². The Bertz CT molecular complexity index is 534. The van der Waals surface area contributed by atoms with Crippen LogP contribution in [0.2, 0.25) is 10.0 Å². The predicted octanol–water partition coefficient (Wildman–Crippen LogP) is 3.11. The van der Waals surface area contributed by atoms with Crippen molar-refractivity contribution in [2.24, 2.45) is 0 Å². The Hall–Kier alpha value is -1.59. The van der Waals surface area contributed by atoms with Gasteiger partial charge in [0.05, 0.1) is 21.8 Å². The van der Waals surface area contributed by atoms with Gasteiger partial charge in [0.25, 0.3) is 5.91 Å². The first-order valence-electron chi connectivity index (χ1n) is 4.52. The maximum atomic E-state index is 13.1. The smallest absolute Gasteiger partial charge is 0.258 e. The van der Waals surface area contributed by atoms with Gasteiger partial charge >= 0.3 is 0 Å². The lowest BCUT2D eigenvalue weighted by atomic mass is 10.2. The number of benzene rings is 1. The number of anilines is 1. The Balaban J connectivity index is 2.22. The molecule has 1 heterocycles. The third kappa shape index (κ3) is 2.57. The fourth-order valence-corrected chi connectivity index (χ4v) is 1.69. The van der Waals surface area contributed by atoms with Crippen molar-refractivity contribution >= 4 is 34.8 Å². The molecular formula is C10H6Cl2FN3O. The van der Waals surface area contributed by atoms with E-state index < -0.39 is 11.7 Å². The number of aromatic nitrogens is 2. The van der Waals surface area contributed by atoms with Gasteiger partial charge in [0, 0.05) is 11.9 Å². The zero-order valence-corrected chi connectivity index (χ0v) is 9.81. The van der Waals surface area contributed by atoms with Crippen LogP contribution in [-0.2, 0) is 0 Å². The molecule has 0 spiro atoms. The minimum Gasteiger partial charge on any atom is -0.322 e. The normalized spacial score (nSPS) is 10.3. The average molecular weight is 274 g/mol. The van der Waals surface area contributed by atoms with Crippen LogP contribution in [0.3, 0.4) is 0 Å². The lowest BCUT2D eigenvalue weighted by molar-refractivity contribution is 0.102. The van der Waals surface area contributed by atoms with E-state index in [0.717, 1.165) is 0 Å². The third-order valence-corrected chi connectivity index (χ3v) is 2.55. The Morgan fingerprint density at radius 2 is 2.00 bits per heavy atom. The number of carbonyl (C=O) groups excluding carboxylic acids is 1. The highest BCUT2D eigenvalue weighted by Crippen LogP contribution is 2.27. The largest absolute Gasteiger partial charge is 0.322 e. The average Bonchev–Trinajstić information content (AvgIpc) is 2.79. The molecule has 0 saturated carbocycles. The standard InChI is InChI=1S/C10H6Cl2FN3O/c11-7-1-6(2-8(12)9(7)13)16-10(17)5-3-14-15-4-5/h1-4H,(H,14,15)(H,16,17). The molecule has 4 nitrogen and oxygen atoms in total. The molecule has 2 rings (SSSR count). The van der Waals surface area contributed by atoms with Gasteiger partial charge in [-0.05, 0) is 12.1 Å². The highest BCUT2D eigenvalue weighted by molar-refractivity contribution is 6.35. The van der Waals surface area contributed by atoms with Crippen LogP contribution in [0.25, 0.3) is 0 Å². The number of aromatic amines is 1. The number of hydrogen-bond acceptors (Lipinski definition) is 2. The number of amides is 1. The Morgan fingerprint density at radius 3 is 2.53 bits per heavy atom. The van der Waals surface area contributed by atoms with E-state index in [1.54, 1.807) is 0 Å². The fourth-order valence-electron chi connectivity index (χ4n) is 1.21. The van der Waals surface area contributed by atoms with Crippen LogP contribution in [0.4, 0.5) is 10.1 Å². The summed E-state index contributed by atoms with van der Waals surface area (Å²) >= 11 is 11.2. The summed E-state index contributed by atoms with van der Waals surface area (Å²) in [6, 6.07) is 2.56. The molecule has 0 unspecified atom stereocenters. The number of carbonyl (C=O) groups is 1. The Labute approximate surface area is 106 Å². The van der Waals surface area contributed by atoms with Crippen molar-refractivity contribution in [3.8, 4) is 0 Å². The maximum absolute atomic E-state index is 13.1. The van der Waals surface area contributed by atoms with Gasteiger partial charge < -0.3 is 5.32 Å². The van der Waals surface area contributed by atoms with Crippen molar-refractivity contribution in [1.82, 2.24) is 10.2 Å². The second-order valence-corrected chi connectivity index (χ2v) is 4.01.